The second kappa shape index (κ2) is 8.15. The number of benzene rings is 1. The Bertz CT molecular complexity index is 1350. The minimum Gasteiger partial charge on any atom is -0.504 e. The number of amides is 3. The maximum atomic E-state index is 12.8. The number of phenols is 2. The van der Waals surface area contributed by atoms with Crippen LogP contribution in [0.15, 0.2) is 28.8 Å². The number of carbonyl (C=O) groups is 4. The van der Waals surface area contributed by atoms with Crippen molar-refractivity contribution in [1.82, 2.24) is 20.9 Å². The lowest BCUT2D eigenvalue weighted by atomic mass is 9.97. The minimum atomic E-state index is -4.18. The van der Waals surface area contributed by atoms with Crippen molar-refractivity contribution in [2.75, 3.05) is 6.61 Å². The van der Waals surface area contributed by atoms with Gasteiger partial charge < -0.3 is 29.5 Å². The number of fused-ring (bicyclic) bond motifs is 1. The summed E-state index contributed by atoms with van der Waals surface area (Å²) in [6.07, 6.45) is -1.67. The molecule has 186 valence electrons. The molecule has 0 bridgehead atoms. The minimum absolute atomic E-state index is 0.00406. The highest BCUT2D eigenvalue weighted by atomic mass is 32.2. The molecular formula is C19H18N4O11S. The molecular weight excluding hydrogens is 492 g/mol. The van der Waals surface area contributed by atoms with Gasteiger partial charge in [0.15, 0.2) is 27.4 Å². The van der Waals surface area contributed by atoms with E-state index in [9.17, 15) is 42.9 Å². The first-order chi connectivity index (χ1) is 16.4. The lowest BCUT2D eigenvalue weighted by Crippen LogP contribution is -2.58. The largest absolute Gasteiger partial charge is 0.504 e. The molecule has 1 aromatic heterocycles. The molecule has 5 N–H and O–H groups in total. The standard InChI is InChI=1S/C19H18N4O11S/c1-19(15(17(28)29)23-12(25)6-13(23)35(19,31)32)7-33-18(30)21-20-16(27)11-5-9(22-34-11)8-3-2-4-10(24)14(8)26/h2-5,13,15,24,26H,6-7H2,1H3,(H,20,27)(H,21,30)(H,28,29)/t13-,15+,19+/m1/s1. The van der Waals surface area contributed by atoms with Crippen LogP contribution in [0.2, 0.25) is 0 Å². The molecule has 3 atom stereocenters. The van der Waals surface area contributed by atoms with Crippen molar-refractivity contribution in [2.24, 2.45) is 0 Å². The van der Waals surface area contributed by atoms with Gasteiger partial charge in [-0.25, -0.2) is 23.4 Å². The molecule has 1 aromatic carbocycles. The number of phenolic OH excluding ortho intramolecular Hbond substituents is 2. The van der Waals surface area contributed by atoms with E-state index in [1.807, 2.05) is 10.9 Å². The maximum absolute atomic E-state index is 12.8. The first-order valence-corrected chi connectivity index (χ1v) is 11.4. The third-order valence-corrected chi connectivity index (χ3v) is 8.59. The summed E-state index contributed by atoms with van der Waals surface area (Å²) in [6, 6.07) is 3.43. The van der Waals surface area contributed by atoms with Crippen molar-refractivity contribution in [2.45, 2.75) is 29.5 Å². The number of hydrogen-bond donors (Lipinski definition) is 5. The molecule has 2 fully saturated rings. The number of carboxylic acids is 1. The van der Waals surface area contributed by atoms with Crippen molar-refractivity contribution in [1.29, 1.82) is 0 Å². The number of nitrogens with one attached hydrogen (secondary N) is 2. The predicted molar refractivity (Wildman–Crippen MR) is 111 cm³/mol. The van der Waals surface area contributed by atoms with E-state index in [1.165, 1.54) is 18.2 Å². The SMILES string of the molecule is C[C@]1(COC(=O)NNC(=O)c2cc(-c3cccc(O)c3O)no2)[C@H](C(=O)O)N2C(=O)C[C@H]2S1(=O)=O. The zero-order chi connectivity index (χ0) is 25.7. The number of β-lactam (4-membered cyclic amide) rings is 1. The van der Waals surface area contributed by atoms with Crippen LogP contribution in [0, 0.1) is 0 Å². The van der Waals surface area contributed by atoms with E-state index in [2.05, 4.69) is 5.16 Å². The highest BCUT2D eigenvalue weighted by Crippen LogP contribution is 2.46. The zero-order valence-electron chi connectivity index (χ0n) is 17.8. The predicted octanol–water partition coefficient (Wildman–Crippen LogP) is -0.677. The van der Waals surface area contributed by atoms with Crippen molar-refractivity contribution in [3.8, 4) is 22.8 Å². The average Bonchev–Trinajstić information content (AvgIpc) is 3.33. The molecule has 15 nitrogen and oxygen atoms in total. The van der Waals surface area contributed by atoms with Crippen molar-refractivity contribution in [3.05, 3.63) is 30.0 Å². The quantitative estimate of drug-likeness (QED) is 0.192. The van der Waals surface area contributed by atoms with Crippen LogP contribution < -0.4 is 10.9 Å². The summed E-state index contributed by atoms with van der Waals surface area (Å²) in [5, 5.41) is 31.2. The van der Waals surface area contributed by atoms with E-state index in [1.54, 1.807) is 0 Å². The number of hydrazine groups is 1. The Morgan fingerprint density at radius 1 is 1.29 bits per heavy atom. The molecule has 3 amide bonds. The summed E-state index contributed by atoms with van der Waals surface area (Å²) in [7, 11) is -4.18. The molecule has 0 saturated carbocycles. The smallest absolute Gasteiger partial charge is 0.426 e. The number of aliphatic carboxylic acids is 1. The Morgan fingerprint density at radius 2 is 2.00 bits per heavy atom. The molecule has 2 saturated heterocycles. The van der Waals surface area contributed by atoms with Crippen molar-refractivity contribution >= 4 is 33.7 Å². The van der Waals surface area contributed by atoms with E-state index < -0.39 is 73.7 Å². The normalized spacial score (nSPS) is 24.3. The molecule has 0 aliphatic carbocycles. The maximum Gasteiger partial charge on any atom is 0.426 e. The van der Waals surface area contributed by atoms with Crippen LogP contribution >= 0.6 is 0 Å². The fourth-order valence-electron chi connectivity index (χ4n) is 3.93. The first-order valence-electron chi connectivity index (χ1n) is 9.87. The number of ether oxygens (including phenoxy) is 1. The second-order valence-corrected chi connectivity index (χ2v) is 10.5. The summed E-state index contributed by atoms with van der Waals surface area (Å²) >= 11 is 0. The summed E-state index contributed by atoms with van der Waals surface area (Å²) in [4.78, 5) is 48.4. The van der Waals surface area contributed by atoms with Crippen LogP contribution in [0.1, 0.15) is 23.9 Å². The monoisotopic (exact) mass is 510 g/mol. The number of carbonyl (C=O) groups excluding carboxylic acids is 3. The van der Waals surface area contributed by atoms with Crippen LogP contribution in [0.25, 0.3) is 11.3 Å². The van der Waals surface area contributed by atoms with Gasteiger partial charge in [-0.2, -0.15) is 0 Å². The Hall–Kier alpha value is -4.34. The van der Waals surface area contributed by atoms with Gasteiger partial charge in [0.1, 0.15) is 22.4 Å². The Labute approximate surface area is 196 Å². The van der Waals surface area contributed by atoms with Gasteiger partial charge >= 0.3 is 18.0 Å². The third kappa shape index (κ3) is 3.67. The lowest BCUT2D eigenvalue weighted by molar-refractivity contribution is -0.158. The van der Waals surface area contributed by atoms with Gasteiger partial charge in [0.25, 0.3) is 0 Å². The van der Waals surface area contributed by atoms with Crippen molar-refractivity contribution < 1.29 is 52.2 Å². The second-order valence-electron chi connectivity index (χ2n) is 7.96. The number of hydrogen-bond acceptors (Lipinski definition) is 11. The average molecular weight is 510 g/mol. The highest BCUT2D eigenvalue weighted by molar-refractivity contribution is 7.94. The lowest BCUT2D eigenvalue weighted by Gasteiger charge is -2.35. The Kier molecular flexibility index (Phi) is 5.55. The molecule has 2 aliphatic heterocycles. The van der Waals surface area contributed by atoms with Crippen LogP contribution in [-0.2, 0) is 24.2 Å². The molecule has 2 aliphatic rings. The molecule has 2 aromatic rings. The Balaban J connectivity index is 1.38. The van der Waals surface area contributed by atoms with Gasteiger partial charge in [-0.05, 0) is 19.1 Å². The number of carboxylic acid groups (broad SMARTS) is 1. The van der Waals surface area contributed by atoms with Gasteiger partial charge in [-0.3, -0.25) is 15.0 Å². The number of para-hydroxylation sites is 1. The van der Waals surface area contributed by atoms with Gasteiger partial charge in [-0.1, -0.05) is 11.2 Å². The molecule has 0 radical (unpaired) electrons. The summed E-state index contributed by atoms with van der Waals surface area (Å²) < 4.78 is 33.1. The van der Waals surface area contributed by atoms with E-state index in [-0.39, 0.29) is 17.7 Å². The molecule has 3 heterocycles. The molecule has 0 unspecified atom stereocenters. The van der Waals surface area contributed by atoms with Gasteiger partial charge in [0, 0.05) is 11.6 Å². The summed E-state index contributed by atoms with van der Waals surface area (Å²) in [5.41, 5.74) is 3.85. The number of sulfone groups is 1. The number of aromatic nitrogens is 1. The first kappa shape index (κ1) is 23.8. The topological polar surface area (TPSA) is 226 Å². The van der Waals surface area contributed by atoms with Gasteiger partial charge in [0.05, 0.1) is 6.42 Å². The molecule has 0 spiro atoms. The molecule has 35 heavy (non-hydrogen) atoms. The zero-order valence-corrected chi connectivity index (χ0v) is 18.6. The van der Waals surface area contributed by atoms with Crippen LogP contribution in [0.3, 0.4) is 0 Å². The molecule has 16 heteroatoms. The van der Waals surface area contributed by atoms with Crippen LogP contribution in [0.4, 0.5) is 4.79 Å². The number of nitrogens with zero attached hydrogens (tertiary/aromatic N) is 2. The highest BCUT2D eigenvalue weighted by Gasteiger charge is 2.70. The van der Waals surface area contributed by atoms with E-state index in [4.69, 9.17) is 9.26 Å². The fourth-order valence-corrected chi connectivity index (χ4v) is 6.20. The number of rotatable bonds is 5. The van der Waals surface area contributed by atoms with E-state index in [0.717, 1.165) is 17.9 Å². The summed E-state index contributed by atoms with van der Waals surface area (Å²) in [6.45, 7) is 0.156. The summed E-state index contributed by atoms with van der Waals surface area (Å²) in [5.74, 6) is -4.52. The van der Waals surface area contributed by atoms with Crippen LogP contribution in [-0.4, -0.2) is 80.4 Å². The van der Waals surface area contributed by atoms with Crippen molar-refractivity contribution in [3.63, 3.8) is 0 Å². The fraction of sp³-hybridized carbons (Fsp3) is 0.316. The van der Waals surface area contributed by atoms with E-state index in [0.29, 0.717) is 0 Å². The molecule has 4 rings (SSSR count). The number of aromatic hydroxyl groups is 2. The van der Waals surface area contributed by atoms with Gasteiger partial charge in [0.2, 0.25) is 11.7 Å². The third-order valence-electron chi connectivity index (χ3n) is 5.84. The van der Waals surface area contributed by atoms with Crippen LogP contribution in [0.5, 0.6) is 11.5 Å². The van der Waals surface area contributed by atoms with E-state index >= 15 is 0 Å². The van der Waals surface area contributed by atoms with Gasteiger partial charge in [-0.15, -0.1) is 0 Å². The Morgan fingerprint density at radius 3 is 2.66 bits per heavy atom.